The molecule has 0 saturated heterocycles. The molecule has 1 aromatic heterocycles. The van der Waals surface area contributed by atoms with Crippen LogP contribution in [-0.2, 0) is 6.54 Å². The van der Waals surface area contributed by atoms with Gasteiger partial charge >= 0.3 is 0 Å². The lowest BCUT2D eigenvalue weighted by Crippen LogP contribution is -2.29. The lowest BCUT2D eigenvalue weighted by molar-refractivity contribution is 0.549. The Labute approximate surface area is 121 Å². The number of hydrogen-bond donors (Lipinski definition) is 0. The Morgan fingerprint density at radius 3 is 2.55 bits per heavy atom. The number of para-hydroxylation sites is 1. The topological polar surface area (TPSA) is 34.5 Å². The number of rotatable bonds is 5. The van der Waals surface area contributed by atoms with E-state index in [1.807, 2.05) is 36.4 Å². The van der Waals surface area contributed by atoms with E-state index < -0.39 is 8.32 Å². The summed E-state index contributed by atoms with van der Waals surface area (Å²) in [4.78, 5) is 8.67. The molecular formula is C16H20N2OSi. The number of hydrogen-bond acceptors (Lipinski definition) is 3. The Balaban J connectivity index is 2.08. The number of aromatic nitrogens is 1. The molecule has 0 aliphatic rings. The summed E-state index contributed by atoms with van der Waals surface area (Å²) >= 11 is 0. The molecule has 0 atom stereocenters. The van der Waals surface area contributed by atoms with Gasteiger partial charge in [-0.3, -0.25) is 9.98 Å². The molecule has 2 rings (SSSR count). The van der Waals surface area contributed by atoms with Crippen LogP contribution in [-0.4, -0.2) is 19.5 Å². The van der Waals surface area contributed by atoms with Crippen molar-refractivity contribution in [2.75, 3.05) is 0 Å². The number of nitrogens with zero attached hydrogens (tertiary/aromatic N) is 2. The molecule has 0 bridgehead atoms. The molecule has 3 nitrogen and oxygen atoms in total. The van der Waals surface area contributed by atoms with Gasteiger partial charge in [-0.1, -0.05) is 24.3 Å². The highest BCUT2D eigenvalue weighted by atomic mass is 28.4. The van der Waals surface area contributed by atoms with Gasteiger partial charge in [-0.2, -0.15) is 0 Å². The van der Waals surface area contributed by atoms with E-state index in [2.05, 4.69) is 35.7 Å². The lowest BCUT2D eigenvalue weighted by Gasteiger charge is -2.21. The minimum Gasteiger partial charge on any atom is -0.544 e. The second-order valence-corrected chi connectivity index (χ2v) is 9.98. The first-order valence-corrected chi connectivity index (χ1v) is 10.1. The van der Waals surface area contributed by atoms with Gasteiger partial charge in [-0.25, -0.2) is 0 Å². The monoisotopic (exact) mass is 284 g/mol. The summed E-state index contributed by atoms with van der Waals surface area (Å²) in [6, 6.07) is 13.9. The number of pyridine rings is 1. The molecule has 4 heteroatoms. The van der Waals surface area contributed by atoms with Crippen molar-refractivity contribution in [3.8, 4) is 5.75 Å². The van der Waals surface area contributed by atoms with Crippen molar-refractivity contribution in [1.82, 2.24) is 4.98 Å². The van der Waals surface area contributed by atoms with Crippen molar-refractivity contribution in [2.24, 2.45) is 4.99 Å². The molecule has 1 aromatic carbocycles. The van der Waals surface area contributed by atoms with Crippen LogP contribution in [0.25, 0.3) is 0 Å². The predicted octanol–water partition coefficient (Wildman–Crippen LogP) is 3.91. The maximum Gasteiger partial charge on any atom is 0.242 e. The maximum absolute atomic E-state index is 6.08. The Hall–Kier alpha value is -1.94. The molecular weight excluding hydrogens is 264 g/mol. The third-order valence-corrected chi connectivity index (χ3v) is 3.39. The van der Waals surface area contributed by atoms with Crippen molar-refractivity contribution in [3.05, 3.63) is 59.9 Å². The van der Waals surface area contributed by atoms with Gasteiger partial charge in [0.05, 0.1) is 12.2 Å². The fraction of sp³-hybridized carbons (Fsp3) is 0.250. The van der Waals surface area contributed by atoms with Crippen molar-refractivity contribution < 1.29 is 4.43 Å². The molecule has 20 heavy (non-hydrogen) atoms. The van der Waals surface area contributed by atoms with Crippen LogP contribution in [0.5, 0.6) is 5.75 Å². The largest absolute Gasteiger partial charge is 0.544 e. The molecule has 2 aromatic rings. The van der Waals surface area contributed by atoms with Crippen molar-refractivity contribution >= 4 is 14.5 Å². The zero-order chi connectivity index (χ0) is 14.4. The third-order valence-electron chi connectivity index (χ3n) is 2.56. The van der Waals surface area contributed by atoms with E-state index in [1.54, 1.807) is 12.4 Å². The minimum absolute atomic E-state index is 0.608. The molecule has 0 radical (unpaired) electrons. The summed E-state index contributed by atoms with van der Waals surface area (Å²) in [5.41, 5.74) is 1.98. The maximum atomic E-state index is 6.08. The smallest absolute Gasteiger partial charge is 0.242 e. The number of benzene rings is 1. The van der Waals surface area contributed by atoms with Crippen LogP contribution in [0.15, 0.2) is 53.7 Å². The van der Waals surface area contributed by atoms with E-state index in [0.717, 1.165) is 17.0 Å². The van der Waals surface area contributed by atoms with Gasteiger partial charge < -0.3 is 4.43 Å². The lowest BCUT2D eigenvalue weighted by atomic mass is 10.2. The quantitative estimate of drug-likeness (QED) is 0.616. The Morgan fingerprint density at radius 1 is 1.10 bits per heavy atom. The van der Waals surface area contributed by atoms with E-state index in [9.17, 15) is 0 Å². The molecule has 0 fully saturated rings. The zero-order valence-electron chi connectivity index (χ0n) is 12.2. The molecule has 0 unspecified atom stereocenters. The summed E-state index contributed by atoms with van der Waals surface area (Å²) in [7, 11) is -1.60. The van der Waals surface area contributed by atoms with Gasteiger partial charge in [0, 0.05) is 18.0 Å². The Bertz CT molecular complexity index is 577. The second kappa shape index (κ2) is 6.48. The molecule has 0 aliphatic carbocycles. The van der Waals surface area contributed by atoms with Gasteiger partial charge in [0.2, 0.25) is 8.32 Å². The van der Waals surface area contributed by atoms with Crippen LogP contribution in [0.3, 0.4) is 0 Å². The van der Waals surface area contributed by atoms with Gasteiger partial charge in [0.1, 0.15) is 5.75 Å². The molecule has 104 valence electrons. The van der Waals surface area contributed by atoms with Crippen LogP contribution in [0.1, 0.15) is 11.3 Å². The van der Waals surface area contributed by atoms with E-state index in [4.69, 9.17) is 4.43 Å². The van der Waals surface area contributed by atoms with Crippen molar-refractivity contribution in [1.29, 1.82) is 0 Å². The molecule has 0 amide bonds. The van der Waals surface area contributed by atoms with Crippen molar-refractivity contribution in [2.45, 2.75) is 26.2 Å². The average molecular weight is 284 g/mol. The average Bonchev–Trinajstić information content (AvgIpc) is 2.40. The SMILES string of the molecule is C[Si](C)(C)Oc1ccccc1CN=Cc1ccccn1. The first-order chi connectivity index (χ1) is 9.54. The van der Waals surface area contributed by atoms with Gasteiger partial charge in [0.15, 0.2) is 0 Å². The van der Waals surface area contributed by atoms with E-state index in [0.29, 0.717) is 6.54 Å². The van der Waals surface area contributed by atoms with Gasteiger partial charge in [0.25, 0.3) is 0 Å². The van der Waals surface area contributed by atoms with E-state index in [1.165, 1.54) is 0 Å². The molecule has 1 heterocycles. The highest BCUT2D eigenvalue weighted by Gasteiger charge is 2.17. The van der Waals surface area contributed by atoms with Gasteiger partial charge in [-0.05, 0) is 37.8 Å². The first kappa shape index (κ1) is 14.5. The highest BCUT2D eigenvalue weighted by Crippen LogP contribution is 2.22. The van der Waals surface area contributed by atoms with Crippen LogP contribution in [0, 0.1) is 0 Å². The van der Waals surface area contributed by atoms with Crippen LogP contribution >= 0.6 is 0 Å². The van der Waals surface area contributed by atoms with Gasteiger partial charge in [-0.15, -0.1) is 0 Å². The molecule has 0 N–H and O–H groups in total. The van der Waals surface area contributed by atoms with E-state index >= 15 is 0 Å². The minimum atomic E-state index is -1.60. The fourth-order valence-corrected chi connectivity index (χ4v) is 2.61. The van der Waals surface area contributed by atoms with E-state index in [-0.39, 0.29) is 0 Å². The summed E-state index contributed by atoms with van der Waals surface area (Å²) < 4.78 is 6.08. The van der Waals surface area contributed by atoms with Crippen molar-refractivity contribution in [3.63, 3.8) is 0 Å². The van der Waals surface area contributed by atoms with Crippen LogP contribution in [0.2, 0.25) is 19.6 Å². The first-order valence-electron chi connectivity index (χ1n) is 6.72. The predicted molar refractivity (Wildman–Crippen MR) is 86.0 cm³/mol. The second-order valence-electron chi connectivity index (χ2n) is 5.55. The Kier molecular flexibility index (Phi) is 4.68. The summed E-state index contributed by atoms with van der Waals surface area (Å²) in [6.07, 6.45) is 3.56. The third kappa shape index (κ3) is 4.62. The summed E-state index contributed by atoms with van der Waals surface area (Å²) in [5, 5.41) is 0. The number of aliphatic imine (C=N–C) groups is 1. The summed E-state index contributed by atoms with van der Waals surface area (Å²) in [5.74, 6) is 0.949. The molecule has 0 spiro atoms. The highest BCUT2D eigenvalue weighted by molar-refractivity contribution is 6.70. The van der Waals surface area contributed by atoms with Crippen LogP contribution in [0.4, 0.5) is 0 Å². The zero-order valence-corrected chi connectivity index (χ0v) is 13.2. The summed E-state index contributed by atoms with van der Waals surface area (Å²) in [6.45, 7) is 7.15. The Morgan fingerprint density at radius 2 is 1.85 bits per heavy atom. The molecule has 0 saturated carbocycles. The normalized spacial score (nSPS) is 11.8. The molecule has 0 aliphatic heterocycles. The standard InChI is InChI=1S/C16H20N2OSi/c1-20(2,3)19-16-10-5-4-8-14(16)12-17-13-15-9-6-7-11-18-15/h4-11,13H,12H2,1-3H3. The fourth-order valence-electron chi connectivity index (χ4n) is 1.75. The van der Waals surface area contributed by atoms with Crippen LogP contribution < -0.4 is 4.43 Å².